The van der Waals surface area contributed by atoms with Gasteiger partial charge in [-0.1, -0.05) is 26.8 Å². The number of nitrogens with two attached hydrogens (primary N) is 1. The minimum Gasteiger partial charge on any atom is -0.499 e. The van der Waals surface area contributed by atoms with Crippen molar-refractivity contribution >= 4 is 28.4 Å². The highest BCUT2D eigenvalue weighted by Crippen LogP contribution is 2.30. The summed E-state index contributed by atoms with van der Waals surface area (Å²) < 4.78 is 0. The van der Waals surface area contributed by atoms with Gasteiger partial charge in [-0.25, -0.2) is 0 Å². The third-order valence-corrected chi connectivity index (χ3v) is 4.07. The first-order valence-corrected chi connectivity index (χ1v) is 7.83. The van der Waals surface area contributed by atoms with Gasteiger partial charge in [0.05, 0.1) is 17.1 Å². The summed E-state index contributed by atoms with van der Waals surface area (Å²) in [5.74, 6) is 0. The number of aromatic hydroxyl groups is 1. The smallest absolute Gasteiger partial charge is 0.310 e. The lowest BCUT2D eigenvalue weighted by Crippen LogP contribution is -2.22. The number of H-pyrrole nitrogens is 1. The summed E-state index contributed by atoms with van der Waals surface area (Å²) in [6.45, 7) is 7.83. The molecule has 0 saturated carbocycles. The van der Waals surface area contributed by atoms with Crippen molar-refractivity contribution in [3.05, 3.63) is 49.3 Å². The number of rotatable bonds is 2. The Labute approximate surface area is 137 Å². The lowest BCUT2D eigenvalue weighted by Gasteiger charge is -2.19. The van der Waals surface area contributed by atoms with E-state index in [0.717, 1.165) is 5.56 Å². The van der Waals surface area contributed by atoms with Gasteiger partial charge < -0.3 is 10.8 Å². The van der Waals surface area contributed by atoms with Crippen LogP contribution in [0.4, 0.5) is 11.4 Å². The van der Waals surface area contributed by atoms with Crippen molar-refractivity contribution < 1.29 is 5.11 Å². The van der Waals surface area contributed by atoms with Crippen LogP contribution in [0.5, 0.6) is 5.06 Å². The van der Waals surface area contributed by atoms with Crippen LogP contribution in [-0.2, 0) is 5.41 Å². The van der Waals surface area contributed by atoms with Gasteiger partial charge in [-0.05, 0) is 41.4 Å². The maximum Gasteiger partial charge on any atom is 0.310 e. The molecule has 0 amide bonds. The van der Waals surface area contributed by atoms with E-state index >= 15 is 0 Å². The Hall–Kier alpha value is -2.41. The van der Waals surface area contributed by atoms with Crippen molar-refractivity contribution in [2.45, 2.75) is 33.1 Å². The summed E-state index contributed by atoms with van der Waals surface area (Å²) in [6.07, 6.45) is 0. The van der Waals surface area contributed by atoms with Gasteiger partial charge in [0.2, 0.25) is 0 Å². The Morgan fingerprint density at radius 2 is 1.96 bits per heavy atom. The molecule has 23 heavy (non-hydrogen) atoms. The fourth-order valence-electron chi connectivity index (χ4n) is 2.10. The molecule has 1 heterocycles. The van der Waals surface area contributed by atoms with E-state index in [1.54, 1.807) is 13.0 Å². The van der Waals surface area contributed by atoms with Gasteiger partial charge in [0.15, 0.2) is 5.06 Å². The molecule has 0 unspecified atom stereocenters. The van der Waals surface area contributed by atoms with Gasteiger partial charge in [-0.2, -0.15) is 0 Å². The molecule has 1 aromatic carbocycles. The molecule has 0 spiro atoms. The van der Waals surface area contributed by atoms with Crippen LogP contribution in [0, 0.1) is 0 Å². The molecule has 122 valence electrons. The van der Waals surface area contributed by atoms with Gasteiger partial charge in [0, 0.05) is 0 Å². The number of anilines is 1. The Bertz CT molecular complexity index is 889. The zero-order valence-electron chi connectivity index (χ0n) is 13.4. The summed E-state index contributed by atoms with van der Waals surface area (Å²) in [6, 6.07) is 5.55. The number of nitrogen functional groups attached to an aromatic ring is 1. The van der Waals surface area contributed by atoms with Gasteiger partial charge in [-0.3, -0.25) is 19.6 Å². The zero-order valence-corrected chi connectivity index (χ0v) is 14.2. The van der Waals surface area contributed by atoms with Crippen molar-refractivity contribution in [3.8, 4) is 5.06 Å². The molecule has 0 aliphatic carbocycles. The van der Waals surface area contributed by atoms with E-state index in [1.165, 1.54) is 0 Å². The number of nitrogens with one attached hydrogen (secondary N) is 1. The van der Waals surface area contributed by atoms with Crippen molar-refractivity contribution in [2.24, 2.45) is 4.99 Å². The molecule has 1 aromatic heterocycles. The van der Waals surface area contributed by atoms with Crippen LogP contribution < -0.4 is 16.2 Å². The molecular formula is C16H19N3O3S. The van der Waals surface area contributed by atoms with Crippen molar-refractivity contribution in [1.29, 1.82) is 0 Å². The topological polar surface area (TPSA) is 109 Å². The van der Waals surface area contributed by atoms with E-state index in [-0.39, 0.29) is 21.8 Å². The van der Waals surface area contributed by atoms with Crippen LogP contribution in [0.3, 0.4) is 0 Å². The third kappa shape index (κ3) is 3.68. The molecule has 0 bridgehead atoms. The lowest BCUT2D eigenvalue weighted by molar-refractivity contribution is 0.487. The largest absolute Gasteiger partial charge is 0.499 e. The number of hydrogen-bond donors (Lipinski definition) is 3. The molecule has 0 radical (unpaired) electrons. The summed E-state index contributed by atoms with van der Waals surface area (Å²) in [5, 5.41) is 9.47. The fraction of sp³-hybridized carbons (Fsp3) is 0.312. The minimum absolute atomic E-state index is 0.0195. The predicted molar refractivity (Wildman–Crippen MR) is 94.3 cm³/mol. The normalized spacial score (nSPS) is 12.4. The maximum atomic E-state index is 11.8. The minimum atomic E-state index is -0.669. The van der Waals surface area contributed by atoms with E-state index < -0.39 is 10.4 Å². The van der Waals surface area contributed by atoms with Crippen LogP contribution >= 0.6 is 11.3 Å². The van der Waals surface area contributed by atoms with E-state index in [1.807, 2.05) is 12.1 Å². The van der Waals surface area contributed by atoms with Crippen LogP contribution in [0.15, 0.2) is 32.8 Å². The molecule has 0 aliphatic rings. The summed E-state index contributed by atoms with van der Waals surface area (Å²) in [5.41, 5.74) is 7.67. The fourth-order valence-corrected chi connectivity index (χ4v) is 2.76. The number of benzene rings is 1. The predicted octanol–water partition coefficient (Wildman–Crippen LogP) is 2.52. The number of aromatic nitrogens is 1. The van der Waals surface area contributed by atoms with Gasteiger partial charge in [-0.15, -0.1) is 0 Å². The first-order valence-electron chi connectivity index (χ1n) is 7.01. The first-order chi connectivity index (χ1) is 10.6. The van der Waals surface area contributed by atoms with Crippen molar-refractivity contribution in [3.63, 3.8) is 0 Å². The van der Waals surface area contributed by atoms with Gasteiger partial charge in [0.1, 0.15) is 5.56 Å². The number of nitrogens with zero attached hydrogens (tertiary/aromatic N) is 1. The first kappa shape index (κ1) is 17.0. The molecule has 7 heteroatoms. The maximum absolute atomic E-state index is 11.8. The van der Waals surface area contributed by atoms with Crippen molar-refractivity contribution in [1.82, 2.24) is 4.98 Å². The standard InChI is InChI=1S/C16H19N3O3S/c1-8(12-13(20)19-15(22)23-14(12)21)18-11-6-5-9(7-10(11)17)16(2,3)4/h5-7,21H,17H2,1-4H3,(H,19,20,22). The number of aliphatic imine (C=N–C) groups is 1. The van der Waals surface area contributed by atoms with Gasteiger partial charge >= 0.3 is 4.87 Å². The second kappa shape index (κ2) is 6.00. The van der Waals surface area contributed by atoms with E-state index in [9.17, 15) is 14.7 Å². The molecule has 0 aliphatic heterocycles. The Balaban J connectivity index is 2.51. The molecule has 4 N–H and O–H groups in total. The van der Waals surface area contributed by atoms with Crippen molar-refractivity contribution in [2.75, 3.05) is 5.73 Å². The molecule has 2 rings (SSSR count). The monoisotopic (exact) mass is 333 g/mol. The second-order valence-electron chi connectivity index (χ2n) is 6.24. The van der Waals surface area contributed by atoms with E-state index in [2.05, 4.69) is 30.7 Å². The highest BCUT2D eigenvalue weighted by molar-refractivity contribution is 7.11. The summed E-state index contributed by atoms with van der Waals surface area (Å²) >= 11 is 0.554. The second-order valence-corrected chi connectivity index (χ2v) is 7.21. The lowest BCUT2D eigenvalue weighted by atomic mass is 9.87. The van der Waals surface area contributed by atoms with Crippen LogP contribution in [0.1, 0.15) is 38.8 Å². The number of hydrogen-bond acceptors (Lipinski definition) is 6. The highest BCUT2D eigenvalue weighted by atomic mass is 32.1. The molecule has 2 aromatic rings. The highest BCUT2D eigenvalue weighted by Gasteiger charge is 2.16. The van der Waals surface area contributed by atoms with Crippen LogP contribution in [-0.4, -0.2) is 15.8 Å². The molecule has 0 fully saturated rings. The quantitative estimate of drug-likeness (QED) is 0.579. The molecular weight excluding hydrogens is 314 g/mol. The third-order valence-electron chi connectivity index (χ3n) is 3.39. The average Bonchev–Trinajstić information content (AvgIpc) is 2.38. The van der Waals surface area contributed by atoms with E-state index in [0.29, 0.717) is 22.7 Å². The average molecular weight is 333 g/mol. The Morgan fingerprint density at radius 3 is 2.48 bits per heavy atom. The van der Waals surface area contributed by atoms with E-state index in [4.69, 9.17) is 5.73 Å². The SMILES string of the molecule is CC(=Nc1ccc(C(C)(C)C)cc1N)c1c(O)sc(=O)[nH]c1=O. The summed E-state index contributed by atoms with van der Waals surface area (Å²) in [7, 11) is 0. The Morgan fingerprint density at radius 1 is 1.30 bits per heavy atom. The van der Waals surface area contributed by atoms with Crippen LogP contribution in [0.2, 0.25) is 0 Å². The number of aromatic amines is 1. The molecule has 0 saturated heterocycles. The zero-order chi connectivity index (χ0) is 17.4. The Kier molecular flexibility index (Phi) is 4.42. The van der Waals surface area contributed by atoms with Gasteiger partial charge in [0.25, 0.3) is 5.56 Å². The molecule has 0 atom stereocenters. The summed E-state index contributed by atoms with van der Waals surface area (Å²) in [4.78, 5) is 28.8. The molecule has 6 nitrogen and oxygen atoms in total. The van der Waals surface area contributed by atoms with Crippen LogP contribution in [0.25, 0.3) is 0 Å².